The van der Waals surface area contributed by atoms with Crippen LogP contribution in [0.3, 0.4) is 0 Å². The number of hydrogen-bond acceptors (Lipinski definition) is 20. The van der Waals surface area contributed by atoms with Gasteiger partial charge in [0, 0.05) is 11.5 Å². The summed E-state index contributed by atoms with van der Waals surface area (Å²) >= 11 is 2.20. The normalized spacial score (nSPS) is 17.3. The Kier molecular flexibility index (Phi) is 28.4. The molecule has 26 nitrogen and oxygen atoms in total. The number of nitrogens with one attached hydrogen (secondary N) is 6. The molecule has 0 bridgehead atoms. The van der Waals surface area contributed by atoms with Gasteiger partial charge in [-0.05, 0) is 26.6 Å². The van der Waals surface area contributed by atoms with E-state index in [0.717, 1.165) is 23.5 Å². The van der Waals surface area contributed by atoms with Crippen molar-refractivity contribution in [2.75, 3.05) is 51.3 Å². The Bertz CT molecular complexity index is 1260. The standard InChI is InChI=1S/2C15H27N3O10S/c2*1-16-6(3-9(21)22)13(25)18-10(12(24)11(23)8(20)4-19)14(26)17-7(5-29-2)15(27)28/h2*6-8,10-12,16,19-20,23-24H,3-5H2,1-2H3,(H,17,26)(H,18,25)(H,21,22)(H,27,28)/t6-,7-,8?,10?,11?,12?;6-,7-,8+,10-,11+,12+/m00/s1. The summed E-state index contributed by atoms with van der Waals surface area (Å²) in [5.74, 6) is -9.97. The predicted octanol–water partition coefficient (Wildman–Crippen LogP) is -8.92. The zero-order valence-electron chi connectivity index (χ0n) is 31.6. The Balaban J connectivity index is 0. The van der Waals surface area contributed by atoms with E-state index in [2.05, 4.69) is 21.3 Å². The van der Waals surface area contributed by atoms with Crippen LogP contribution in [0, 0.1) is 0 Å². The maximum atomic E-state index is 12.5. The number of carbonyl (C=O) groups is 8. The van der Waals surface area contributed by atoms with Crippen LogP contribution in [0.1, 0.15) is 12.8 Å². The molecule has 58 heavy (non-hydrogen) atoms. The van der Waals surface area contributed by atoms with Gasteiger partial charge in [0.2, 0.25) is 23.6 Å². The Morgan fingerprint density at radius 3 is 0.966 bits per heavy atom. The molecule has 0 aromatic carbocycles. The average molecular weight is 883 g/mol. The Hall–Kier alpha value is -3.94. The van der Waals surface area contributed by atoms with E-state index in [1.807, 2.05) is 10.6 Å². The molecule has 28 heteroatoms. The number of thioether (sulfide) groups is 2. The van der Waals surface area contributed by atoms with Gasteiger partial charge in [-0.1, -0.05) is 0 Å². The summed E-state index contributed by atoms with van der Waals surface area (Å²) in [4.78, 5) is 93.7. The van der Waals surface area contributed by atoms with Crippen LogP contribution >= 0.6 is 23.5 Å². The molecule has 0 heterocycles. The molecule has 4 amide bonds. The molecule has 18 N–H and O–H groups in total. The minimum atomic E-state index is -2.15. The zero-order chi connectivity index (χ0) is 45.4. The third-order valence-electron chi connectivity index (χ3n) is 7.69. The highest BCUT2D eigenvalue weighted by molar-refractivity contribution is 7.98. The van der Waals surface area contributed by atoms with Crippen LogP contribution in [0.25, 0.3) is 0 Å². The van der Waals surface area contributed by atoms with Gasteiger partial charge in [0.1, 0.15) is 60.8 Å². The van der Waals surface area contributed by atoms with Crippen molar-refractivity contribution in [2.24, 2.45) is 0 Å². The molecule has 0 aliphatic rings. The van der Waals surface area contributed by atoms with E-state index in [1.165, 1.54) is 14.1 Å². The van der Waals surface area contributed by atoms with Crippen LogP contribution in [0.5, 0.6) is 0 Å². The highest BCUT2D eigenvalue weighted by Gasteiger charge is 2.40. The van der Waals surface area contributed by atoms with Crippen molar-refractivity contribution in [3.05, 3.63) is 0 Å². The SMILES string of the molecule is CN[C@@H](CC(=O)O)C(=O)NC(C(=O)N[C@@H](CSC)C(=O)O)C(O)C(O)C(O)CO.CN[C@@H](CC(=O)O)C(=O)N[C@H](C(=O)N[C@@H](CSC)C(=O)O)[C@@H](O)[C@H](O)[C@H](O)CO. The molecule has 0 fully saturated rings. The van der Waals surface area contributed by atoms with E-state index in [0.29, 0.717) is 0 Å². The number of carboxylic acid groups (broad SMARTS) is 4. The Morgan fingerprint density at radius 1 is 0.466 bits per heavy atom. The van der Waals surface area contributed by atoms with Gasteiger partial charge < -0.3 is 93.2 Å². The first-order valence-corrected chi connectivity index (χ1v) is 19.5. The second-order valence-electron chi connectivity index (χ2n) is 12.0. The number of aliphatic carboxylic acids is 4. The summed E-state index contributed by atoms with van der Waals surface area (Å²) in [5.41, 5.74) is 0. The minimum Gasteiger partial charge on any atom is -0.481 e. The molecular weight excluding hydrogens is 828 g/mol. The monoisotopic (exact) mass is 882 g/mol. The van der Waals surface area contributed by atoms with E-state index in [4.69, 9.17) is 30.6 Å². The van der Waals surface area contributed by atoms with Crippen LogP contribution in [0.2, 0.25) is 0 Å². The second-order valence-corrected chi connectivity index (χ2v) is 13.8. The van der Waals surface area contributed by atoms with Crippen LogP contribution in [-0.4, -0.2) is 233 Å². The minimum absolute atomic E-state index is 0.0438. The number of carbonyl (C=O) groups excluding carboxylic acids is 4. The smallest absolute Gasteiger partial charge is 0.327 e. The lowest BCUT2D eigenvalue weighted by Crippen LogP contribution is -2.62. The van der Waals surface area contributed by atoms with Gasteiger partial charge in [0.15, 0.2) is 0 Å². The van der Waals surface area contributed by atoms with Crippen molar-refractivity contribution < 1.29 is 99.6 Å². The van der Waals surface area contributed by atoms with Gasteiger partial charge in [0.25, 0.3) is 0 Å². The highest BCUT2D eigenvalue weighted by Crippen LogP contribution is 2.10. The third-order valence-corrected chi connectivity index (χ3v) is 9.02. The molecule has 0 radical (unpaired) electrons. The van der Waals surface area contributed by atoms with E-state index in [9.17, 15) is 69.0 Å². The van der Waals surface area contributed by atoms with E-state index in [1.54, 1.807) is 12.5 Å². The summed E-state index contributed by atoms with van der Waals surface area (Å²) < 4.78 is 0. The van der Waals surface area contributed by atoms with Crippen molar-refractivity contribution in [1.29, 1.82) is 0 Å². The summed E-state index contributed by atoms with van der Waals surface area (Å²) in [6.07, 6.45) is -10.3. The first kappa shape index (κ1) is 56.2. The molecule has 336 valence electrons. The Morgan fingerprint density at radius 2 is 0.759 bits per heavy atom. The largest absolute Gasteiger partial charge is 0.481 e. The van der Waals surface area contributed by atoms with Crippen molar-refractivity contribution in [1.82, 2.24) is 31.9 Å². The highest BCUT2D eigenvalue weighted by atomic mass is 32.2. The summed E-state index contributed by atoms with van der Waals surface area (Å²) in [6.45, 7) is -1.94. The van der Waals surface area contributed by atoms with Crippen LogP contribution < -0.4 is 31.9 Å². The van der Waals surface area contributed by atoms with Gasteiger partial charge in [-0.3, -0.25) is 28.8 Å². The number of rotatable bonds is 28. The lowest BCUT2D eigenvalue weighted by Gasteiger charge is -2.30. The average Bonchev–Trinajstić information content (AvgIpc) is 3.17. The van der Waals surface area contributed by atoms with E-state index < -0.39 is 146 Å². The fourth-order valence-corrected chi connectivity index (χ4v) is 5.51. The summed E-state index contributed by atoms with van der Waals surface area (Å²) in [7, 11) is 2.56. The maximum Gasteiger partial charge on any atom is 0.327 e. The lowest BCUT2D eigenvalue weighted by molar-refractivity contribution is -0.145. The maximum absolute atomic E-state index is 12.5. The third kappa shape index (κ3) is 20.2. The molecular formula is C30H54N6O20S2. The van der Waals surface area contributed by atoms with Gasteiger partial charge in [-0.2, -0.15) is 23.5 Å². The number of carboxylic acids is 4. The number of hydrogen-bond donors (Lipinski definition) is 18. The Labute approximate surface area is 339 Å². The van der Waals surface area contributed by atoms with Gasteiger partial charge in [-0.15, -0.1) is 0 Å². The molecule has 12 atom stereocenters. The number of amides is 4. The zero-order valence-corrected chi connectivity index (χ0v) is 33.3. The van der Waals surface area contributed by atoms with Crippen molar-refractivity contribution in [2.45, 2.75) is 85.7 Å². The predicted molar refractivity (Wildman–Crippen MR) is 200 cm³/mol. The quantitative estimate of drug-likeness (QED) is 0.0347. The number of aliphatic hydroxyl groups excluding tert-OH is 8. The number of aliphatic hydroxyl groups is 8. The lowest BCUT2D eigenvalue weighted by atomic mass is 9.99. The molecule has 0 saturated carbocycles. The molecule has 0 saturated heterocycles. The van der Waals surface area contributed by atoms with Crippen LogP contribution in [0.15, 0.2) is 0 Å². The molecule has 0 aliphatic heterocycles. The van der Waals surface area contributed by atoms with Crippen LogP contribution in [0.4, 0.5) is 0 Å². The van der Waals surface area contributed by atoms with Crippen LogP contribution in [-0.2, 0) is 38.4 Å². The van der Waals surface area contributed by atoms with Gasteiger partial charge >= 0.3 is 23.9 Å². The molecule has 0 aromatic rings. The molecule has 0 aliphatic carbocycles. The second kappa shape index (κ2) is 29.3. The van der Waals surface area contributed by atoms with Crippen molar-refractivity contribution >= 4 is 71.0 Å². The first-order valence-electron chi connectivity index (χ1n) is 16.7. The van der Waals surface area contributed by atoms with Crippen molar-refractivity contribution in [3.63, 3.8) is 0 Å². The van der Waals surface area contributed by atoms with Gasteiger partial charge in [0.05, 0.1) is 38.1 Å². The molecule has 4 unspecified atom stereocenters. The van der Waals surface area contributed by atoms with Gasteiger partial charge in [-0.25, -0.2) is 9.59 Å². The van der Waals surface area contributed by atoms with Crippen molar-refractivity contribution in [3.8, 4) is 0 Å². The summed E-state index contributed by atoms with van der Waals surface area (Å²) in [5, 5.41) is 126. The molecule has 0 aromatic heterocycles. The molecule has 0 rings (SSSR count). The van der Waals surface area contributed by atoms with E-state index in [-0.39, 0.29) is 11.5 Å². The summed E-state index contributed by atoms with van der Waals surface area (Å²) in [6, 6.07) is -9.29. The fourth-order valence-electron chi connectivity index (χ4n) is 4.39. The first-order chi connectivity index (χ1) is 27.0. The fraction of sp³-hybridized carbons (Fsp3) is 0.733. The topological polar surface area (TPSA) is 451 Å². The van der Waals surface area contributed by atoms with E-state index >= 15 is 0 Å². The number of likely N-dealkylation sites (N-methyl/N-ethyl adjacent to an activating group) is 2. The molecule has 0 spiro atoms.